The Balaban J connectivity index is 1.75. The summed E-state index contributed by atoms with van der Waals surface area (Å²) in [5.74, 6) is 1.12. The number of halogens is 1. The highest BCUT2D eigenvalue weighted by Crippen LogP contribution is 2.49. The zero-order chi connectivity index (χ0) is 14.4. The van der Waals surface area contributed by atoms with Crippen LogP contribution in [-0.2, 0) is 0 Å². The second-order valence-electron chi connectivity index (χ2n) is 6.35. The Hall–Kier alpha value is -1.75. The van der Waals surface area contributed by atoms with Gasteiger partial charge in [-0.05, 0) is 30.9 Å². The van der Waals surface area contributed by atoms with Crippen molar-refractivity contribution >= 4 is 16.7 Å². The zero-order valence-electron chi connectivity index (χ0n) is 11.8. The van der Waals surface area contributed by atoms with Crippen LogP contribution in [0, 0.1) is 17.2 Å². The van der Waals surface area contributed by atoms with Gasteiger partial charge < -0.3 is 10.0 Å². The first-order valence-electron chi connectivity index (χ1n) is 7.48. The van der Waals surface area contributed by atoms with E-state index in [1.807, 2.05) is 0 Å². The predicted octanol–water partition coefficient (Wildman–Crippen LogP) is 2.37. The van der Waals surface area contributed by atoms with Crippen LogP contribution in [0.3, 0.4) is 0 Å². The van der Waals surface area contributed by atoms with Gasteiger partial charge in [0, 0.05) is 30.0 Å². The number of aliphatic hydroxyl groups excluding tert-OH is 1. The topological polar surface area (TPSA) is 49.2 Å². The summed E-state index contributed by atoms with van der Waals surface area (Å²) < 4.78 is 13.3. The predicted molar refractivity (Wildman–Crippen MR) is 78.6 cm³/mol. The maximum Gasteiger partial charge on any atom is 0.139 e. The van der Waals surface area contributed by atoms with Crippen molar-refractivity contribution in [2.75, 3.05) is 24.6 Å². The van der Waals surface area contributed by atoms with Gasteiger partial charge in [0.25, 0.3) is 0 Å². The number of fused-ring (bicyclic) bond motifs is 2. The first-order valence-corrected chi connectivity index (χ1v) is 7.48. The summed E-state index contributed by atoms with van der Waals surface area (Å²) in [6, 6.07) is 4.65. The van der Waals surface area contributed by atoms with E-state index in [4.69, 9.17) is 0 Å². The lowest BCUT2D eigenvalue weighted by atomic mass is 9.82. The molecule has 4 nitrogen and oxygen atoms in total. The number of rotatable bonds is 2. The summed E-state index contributed by atoms with van der Waals surface area (Å²) in [6.07, 6.45) is 4.96. The molecule has 1 N–H and O–H groups in total. The highest BCUT2D eigenvalue weighted by molar-refractivity contribution is 5.89. The second-order valence-corrected chi connectivity index (χ2v) is 6.35. The van der Waals surface area contributed by atoms with E-state index in [-0.39, 0.29) is 17.8 Å². The van der Waals surface area contributed by atoms with E-state index in [1.165, 1.54) is 31.3 Å². The fourth-order valence-electron chi connectivity index (χ4n) is 4.10. The fraction of sp³-hybridized carbons (Fsp3) is 0.500. The zero-order valence-corrected chi connectivity index (χ0v) is 11.8. The lowest BCUT2D eigenvalue weighted by molar-refractivity contribution is 0.121. The molecule has 2 aromatic rings. The van der Waals surface area contributed by atoms with E-state index in [0.717, 1.165) is 30.7 Å². The van der Waals surface area contributed by atoms with Gasteiger partial charge in [-0.25, -0.2) is 14.4 Å². The first-order chi connectivity index (χ1) is 10.2. The standard InChI is InChI=1S/C16H18FN3O/c17-12-3-4-13-14(6-12)18-10-19-15(13)20-7-11-2-1-5-16(11,8-20)9-21/h3-4,6,10-11,21H,1-2,5,7-9H2. The molecule has 0 spiro atoms. The number of aliphatic hydroxyl groups is 1. The average molecular weight is 287 g/mol. The van der Waals surface area contributed by atoms with Gasteiger partial charge in [-0.2, -0.15) is 0 Å². The molecule has 21 heavy (non-hydrogen) atoms. The molecule has 0 bridgehead atoms. The van der Waals surface area contributed by atoms with E-state index in [0.29, 0.717) is 11.4 Å². The fourth-order valence-corrected chi connectivity index (χ4v) is 4.10. The molecule has 1 aliphatic carbocycles. The van der Waals surface area contributed by atoms with Gasteiger partial charge in [-0.3, -0.25) is 0 Å². The average Bonchev–Trinajstić information content (AvgIpc) is 3.03. The van der Waals surface area contributed by atoms with Crippen molar-refractivity contribution in [2.45, 2.75) is 19.3 Å². The minimum Gasteiger partial charge on any atom is -0.396 e. The Morgan fingerprint density at radius 3 is 3.10 bits per heavy atom. The quantitative estimate of drug-likeness (QED) is 0.921. The molecule has 1 aliphatic heterocycles. The molecule has 2 heterocycles. The maximum absolute atomic E-state index is 13.3. The molecule has 110 valence electrons. The van der Waals surface area contributed by atoms with Gasteiger partial charge >= 0.3 is 0 Å². The maximum atomic E-state index is 13.3. The van der Waals surface area contributed by atoms with Gasteiger partial charge in [0.2, 0.25) is 0 Å². The van der Waals surface area contributed by atoms with Crippen LogP contribution in [-0.4, -0.2) is 34.8 Å². The van der Waals surface area contributed by atoms with Gasteiger partial charge in [-0.15, -0.1) is 0 Å². The SMILES string of the molecule is OCC12CCCC1CN(c1ncnc3cc(F)ccc13)C2. The summed E-state index contributed by atoms with van der Waals surface area (Å²) in [4.78, 5) is 10.8. The highest BCUT2D eigenvalue weighted by atomic mass is 19.1. The normalized spacial score (nSPS) is 28.3. The molecule has 2 unspecified atom stereocenters. The van der Waals surface area contributed by atoms with E-state index >= 15 is 0 Å². The molecule has 2 aliphatic rings. The molecular weight excluding hydrogens is 269 g/mol. The van der Waals surface area contributed by atoms with Crippen LogP contribution in [0.25, 0.3) is 10.9 Å². The molecule has 4 rings (SSSR count). The molecule has 1 aromatic heterocycles. The summed E-state index contributed by atoms with van der Waals surface area (Å²) in [6.45, 7) is 1.99. The molecule has 2 fully saturated rings. The number of anilines is 1. The summed E-state index contributed by atoms with van der Waals surface area (Å²) in [7, 11) is 0. The van der Waals surface area contributed by atoms with Gasteiger partial charge in [-0.1, -0.05) is 6.42 Å². The molecule has 0 amide bonds. The van der Waals surface area contributed by atoms with Crippen LogP contribution < -0.4 is 4.90 Å². The lowest BCUT2D eigenvalue weighted by Crippen LogP contribution is -2.31. The Morgan fingerprint density at radius 1 is 1.38 bits per heavy atom. The van der Waals surface area contributed by atoms with Crippen LogP contribution in [0.15, 0.2) is 24.5 Å². The largest absolute Gasteiger partial charge is 0.396 e. The second kappa shape index (κ2) is 4.63. The molecule has 1 saturated heterocycles. The van der Waals surface area contributed by atoms with Crippen molar-refractivity contribution in [1.29, 1.82) is 0 Å². The summed E-state index contributed by atoms with van der Waals surface area (Å²) in [5.41, 5.74) is 0.659. The minimum atomic E-state index is -0.280. The van der Waals surface area contributed by atoms with Gasteiger partial charge in [0.05, 0.1) is 12.1 Å². The molecular formula is C16H18FN3O. The van der Waals surface area contributed by atoms with Crippen molar-refractivity contribution in [3.05, 3.63) is 30.3 Å². The Bertz CT molecular complexity index is 692. The van der Waals surface area contributed by atoms with Gasteiger partial charge in [0.15, 0.2) is 0 Å². The Kier molecular flexibility index (Phi) is 2.85. The van der Waals surface area contributed by atoms with Crippen molar-refractivity contribution in [3.63, 3.8) is 0 Å². The molecule has 1 aromatic carbocycles. The van der Waals surface area contributed by atoms with Crippen molar-refractivity contribution in [2.24, 2.45) is 11.3 Å². The van der Waals surface area contributed by atoms with Gasteiger partial charge in [0.1, 0.15) is 18.0 Å². The third kappa shape index (κ3) is 1.91. The molecule has 1 saturated carbocycles. The number of nitrogens with zero attached hydrogens (tertiary/aromatic N) is 3. The molecule has 5 heteroatoms. The smallest absolute Gasteiger partial charge is 0.139 e. The molecule has 0 radical (unpaired) electrons. The van der Waals surface area contributed by atoms with E-state index in [1.54, 1.807) is 6.07 Å². The number of hydrogen-bond acceptors (Lipinski definition) is 4. The third-order valence-electron chi connectivity index (χ3n) is 5.23. The third-order valence-corrected chi connectivity index (χ3v) is 5.23. The van der Waals surface area contributed by atoms with Crippen molar-refractivity contribution in [1.82, 2.24) is 9.97 Å². The van der Waals surface area contributed by atoms with Crippen LogP contribution >= 0.6 is 0 Å². The molecule has 2 atom stereocenters. The number of aromatic nitrogens is 2. The van der Waals surface area contributed by atoms with Crippen LogP contribution in [0.5, 0.6) is 0 Å². The van der Waals surface area contributed by atoms with Crippen LogP contribution in [0.2, 0.25) is 0 Å². The summed E-state index contributed by atoms with van der Waals surface area (Å²) in [5, 5.41) is 10.7. The summed E-state index contributed by atoms with van der Waals surface area (Å²) >= 11 is 0. The first kappa shape index (κ1) is 13.0. The number of benzene rings is 1. The number of hydrogen-bond donors (Lipinski definition) is 1. The van der Waals surface area contributed by atoms with Crippen molar-refractivity contribution in [3.8, 4) is 0 Å². The monoisotopic (exact) mass is 287 g/mol. The van der Waals surface area contributed by atoms with E-state index < -0.39 is 0 Å². The van der Waals surface area contributed by atoms with E-state index in [2.05, 4.69) is 14.9 Å². The van der Waals surface area contributed by atoms with Crippen LogP contribution in [0.4, 0.5) is 10.2 Å². The minimum absolute atomic E-state index is 0.0251. The Morgan fingerprint density at radius 2 is 2.29 bits per heavy atom. The van der Waals surface area contributed by atoms with Crippen molar-refractivity contribution < 1.29 is 9.50 Å². The van der Waals surface area contributed by atoms with E-state index in [9.17, 15) is 9.50 Å². The Labute approximate surface area is 122 Å². The van der Waals surface area contributed by atoms with Crippen LogP contribution in [0.1, 0.15) is 19.3 Å². The lowest BCUT2D eigenvalue weighted by Gasteiger charge is -2.26. The highest BCUT2D eigenvalue weighted by Gasteiger charge is 2.49.